The predicted molar refractivity (Wildman–Crippen MR) is 73.5 cm³/mol. The van der Waals surface area contributed by atoms with Crippen molar-refractivity contribution in [3.8, 4) is 0 Å². The number of ether oxygens (including phenoxy) is 2. The summed E-state index contributed by atoms with van der Waals surface area (Å²) in [6, 6.07) is 0. The average Bonchev–Trinajstić information content (AvgIpc) is 2.36. The van der Waals surface area contributed by atoms with Crippen LogP contribution in [0.5, 0.6) is 0 Å². The zero-order chi connectivity index (χ0) is 13.8. The van der Waals surface area contributed by atoms with E-state index in [0.717, 1.165) is 19.6 Å². The highest BCUT2D eigenvalue weighted by Crippen LogP contribution is 2.01. The lowest BCUT2D eigenvalue weighted by atomic mass is 10.1. The normalized spacial score (nSPS) is 11.9. The summed E-state index contributed by atoms with van der Waals surface area (Å²) in [5.74, 6) is 0.445. The van der Waals surface area contributed by atoms with E-state index in [2.05, 4.69) is 23.9 Å². The Bertz CT molecular complexity index is 249. The summed E-state index contributed by atoms with van der Waals surface area (Å²) < 4.78 is 10.1. The highest BCUT2D eigenvalue weighted by atomic mass is 16.5. The van der Waals surface area contributed by atoms with E-state index in [1.165, 1.54) is 7.11 Å². The molecule has 0 aliphatic rings. The predicted octanol–water partition coefficient (Wildman–Crippen LogP) is 2.15. The largest absolute Gasteiger partial charge is 0.466 e. The summed E-state index contributed by atoms with van der Waals surface area (Å²) in [6.45, 7) is 9.31. The van der Waals surface area contributed by atoms with Crippen LogP contribution >= 0.6 is 0 Å². The molecule has 0 amide bonds. The van der Waals surface area contributed by atoms with E-state index >= 15 is 0 Å². The van der Waals surface area contributed by atoms with E-state index < -0.39 is 0 Å². The monoisotopic (exact) mass is 257 g/mol. The quantitative estimate of drug-likeness (QED) is 0.370. The number of rotatable bonds is 10. The van der Waals surface area contributed by atoms with Gasteiger partial charge in [0.25, 0.3) is 0 Å². The fourth-order valence-electron chi connectivity index (χ4n) is 1.37. The zero-order valence-electron chi connectivity index (χ0n) is 12.1. The molecular weight excluding hydrogens is 230 g/mol. The second-order valence-electron chi connectivity index (χ2n) is 4.57. The Balaban J connectivity index is 3.54. The Kier molecular flexibility index (Phi) is 10.7. The highest BCUT2D eigenvalue weighted by molar-refractivity contribution is 5.88. The zero-order valence-corrected chi connectivity index (χ0v) is 12.1. The average molecular weight is 257 g/mol. The van der Waals surface area contributed by atoms with Crippen LogP contribution in [-0.4, -0.2) is 39.4 Å². The summed E-state index contributed by atoms with van der Waals surface area (Å²) in [7, 11) is 1.40. The number of nitrogens with one attached hydrogen (secondary N) is 1. The van der Waals surface area contributed by atoms with Crippen molar-refractivity contribution in [1.82, 2.24) is 5.32 Å². The number of hydrogen-bond donors (Lipinski definition) is 1. The van der Waals surface area contributed by atoms with Crippen LogP contribution in [0, 0.1) is 5.92 Å². The smallest absolute Gasteiger partial charge is 0.333 e. The summed E-state index contributed by atoms with van der Waals surface area (Å²) in [5, 5.41) is 3.21. The van der Waals surface area contributed by atoms with Crippen LogP contribution in [0.2, 0.25) is 0 Å². The molecule has 0 rings (SSSR count). The van der Waals surface area contributed by atoms with E-state index in [1.807, 2.05) is 13.0 Å². The fraction of sp³-hybridized carbons (Fsp3) is 0.786. The van der Waals surface area contributed by atoms with E-state index in [1.54, 1.807) is 0 Å². The van der Waals surface area contributed by atoms with Gasteiger partial charge in [0.2, 0.25) is 0 Å². The summed E-state index contributed by atoms with van der Waals surface area (Å²) in [6.07, 6.45) is 3.67. The molecule has 106 valence electrons. The van der Waals surface area contributed by atoms with Gasteiger partial charge in [-0.1, -0.05) is 26.8 Å². The van der Waals surface area contributed by atoms with E-state index in [4.69, 9.17) is 4.74 Å². The van der Waals surface area contributed by atoms with Gasteiger partial charge in [0.1, 0.15) is 0 Å². The van der Waals surface area contributed by atoms with Crippen LogP contribution in [-0.2, 0) is 14.3 Å². The van der Waals surface area contributed by atoms with E-state index in [-0.39, 0.29) is 5.97 Å². The Morgan fingerprint density at radius 1 is 1.33 bits per heavy atom. The molecule has 0 fully saturated rings. The van der Waals surface area contributed by atoms with Crippen molar-refractivity contribution < 1.29 is 14.3 Å². The van der Waals surface area contributed by atoms with Crippen LogP contribution in [0.15, 0.2) is 11.6 Å². The van der Waals surface area contributed by atoms with Gasteiger partial charge in [0, 0.05) is 25.3 Å². The third kappa shape index (κ3) is 9.19. The highest BCUT2D eigenvalue weighted by Gasteiger charge is 2.05. The molecule has 0 aliphatic carbocycles. The minimum Gasteiger partial charge on any atom is -0.466 e. The molecule has 4 nitrogen and oxygen atoms in total. The van der Waals surface area contributed by atoms with Gasteiger partial charge in [-0.05, 0) is 18.8 Å². The van der Waals surface area contributed by atoms with E-state index in [0.29, 0.717) is 31.1 Å². The molecule has 0 aromatic heterocycles. The van der Waals surface area contributed by atoms with Crippen molar-refractivity contribution in [2.45, 2.75) is 33.6 Å². The van der Waals surface area contributed by atoms with Gasteiger partial charge in [-0.3, -0.25) is 0 Å². The van der Waals surface area contributed by atoms with Gasteiger partial charge in [-0.15, -0.1) is 0 Å². The molecular formula is C14H27NO3. The minimum absolute atomic E-state index is 0.243. The van der Waals surface area contributed by atoms with E-state index in [9.17, 15) is 4.79 Å². The molecule has 0 heterocycles. The van der Waals surface area contributed by atoms with Crippen LogP contribution < -0.4 is 5.32 Å². The lowest BCUT2D eigenvalue weighted by Gasteiger charge is -2.07. The summed E-state index contributed by atoms with van der Waals surface area (Å²) in [4.78, 5) is 11.3. The minimum atomic E-state index is -0.243. The summed E-state index contributed by atoms with van der Waals surface area (Å²) >= 11 is 0. The topological polar surface area (TPSA) is 47.6 Å². The van der Waals surface area contributed by atoms with Crippen LogP contribution in [0.4, 0.5) is 0 Å². The SMILES string of the molecule is CCC(=CCNCCOCCC(C)C)C(=O)OC. The molecule has 18 heavy (non-hydrogen) atoms. The third-order valence-electron chi connectivity index (χ3n) is 2.58. The van der Waals surface area contributed by atoms with Crippen molar-refractivity contribution in [3.63, 3.8) is 0 Å². The molecule has 0 aromatic rings. The van der Waals surface area contributed by atoms with Crippen molar-refractivity contribution in [2.75, 3.05) is 33.4 Å². The second-order valence-corrected chi connectivity index (χ2v) is 4.57. The first-order valence-corrected chi connectivity index (χ1v) is 6.67. The summed E-state index contributed by atoms with van der Waals surface area (Å²) in [5.41, 5.74) is 0.714. The Hall–Kier alpha value is -0.870. The van der Waals surface area contributed by atoms with Crippen molar-refractivity contribution in [3.05, 3.63) is 11.6 Å². The van der Waals surface area contributed by atoms with Crippen LogP contribution in [0.25, 0.3) is 0 Å². The number of esters is 1. The number of methoxy groups -OCH3 is 1. The lowest BCUT2D eigenvalue weighted by Crippen LogP contribution is -2.21. The van der Waals surface area contributed by atoms with Crippen molar-refractivity contribution in [2.24, 2.45) is 5.92 Å². The Morgan fingerprint density at radius 3 is 2.61 bits per heavy atom. The maximum atomic E-state index is 11.3. The van der Waals surface area contributed by atoms with Gasteiger partial charge in [-0.2, -0.15) is 0 Å². The number of carbonyl (C=O) groups is 1. The fourth-order valence-corrected chi connectivity index (χ4v) is 1.37. The lowest BCUT2D eigenvalue weighted by molar-refractivity contribution is -0.136. The van der Waals surface area contributed by atoms with Gasteiger partial charge in [0.05, 0.1) is 13.7 Å². The molecule has 4 heteroatoms. The molecule has 0 aromatic carbocycles. The van der Waals surface area contributed by atoms with Crippen LogP contribution in [0.3, 0.4) is 0 Å². The Labute approximate surface area is 111 Å². The van der Waals surface area contributed by atoms with Crippen molar-refractivity contribution in [1.29, 1.82) is 0 Å². The molecule has 0 aliphatic heterocycles. The Morgan fingerprint density at radius 2 is 2.06 bits per heavy atom. The van der Waals surface area contributed by atoms with Gasteiger partial charge < -0.3 is 14.8 Å². The van der Waals surface area contributed by atoms with Crippen molar-refractivity contribution >= 4 is 5.97 Å². The number of hydrogen-bond acceptors (Lipinski definition) is 4. The first-order chi connectivity index (χ1) is 8.61. The first-order valence-electron chi connectivity index (χ1n) is 6.67. The molecule has 0 atom stereocenters. The molecule has 0 saturated heterocycles. The van der Waals surface area contributed by atoms with Crippen LogP contribution in [0.1, 0.15) is 33.6 Å². The van der Waals surface area contributed by atoms with Gasteiger partial charge in [-0.25, -0.2) is 4.79 Å². The maximum Gasteiger partial charge on any atom is 0.333 e. The van der Waals surface area contributed by atoms with Gasteiger partial charge >= 0.3 is 5.97 Å². The van der Waals surface area contributed by atoms with Gasteiger partial charge in [0.15, 0.2) is 0 Å². The third-order valence-corrected chi connectivity index (χ3v) is 2.58. The maximum absolute atomic E-state index is 11.3. The molecule has 0 radical (unpaired) electrons. The first kappa shape index (κ1) is 17.1. The molecule has 0 bridgehead atoms. The number of carbonyl (C=O) groups excluding carboxylic acids is 1. The second kappa shape index (κ2) is 11.2. The standard InChI is InChI=1S/C14H27NO3/c1-5-13(14(16)17-4)6-8-15-9-11-18-10-7-12(2)3/h6,12,15H,5,7-11H2,1-4H3. The molecule has 0 spiro atoms. The molecule has 1 N–H and O–H groups in total. The molecule has 0 saturated carbocycles. The molecule has 0 unspecified atom stereocenters.